The highest BCUT2D eigenvalue weighted by molar-refractivity contribution is 6.30. The van der Waals surface area contributed by atoms with Crippen LogP contribution in [0.5, 0.6) is 0 Å². The summed E-state index contributed by atoms with van der Waals surface area (Å²) in [5.41, 5.74) is 8.72. The second-order valence-corrected chi connectivity index (χ2v) is 5.72. The van der Waals surface area contributed by atoms with E-state index in [2.05, 4.69) is 20.2 Å². The molecule has 1 saturated heterocycles. The first-order chi connectivity index (χ1) is 10.1. The van der Waals surface area contributed by atoms with Gasteiger partial charge in [-0.1, -0.05) is 23.7 Å². The predicted molar refractivity (Wildman–Crippen MR) is 86.7 cm³/mol. The predicted octanol–water partition coefficient (Wildman–Crippen LogP) is 2.10. The second kappa shape index (κ2) is 5.50. The molecular weight excluding hydrogens is 286 g/mol. The molecule has 0 amide bonds. The van der Waals surface area contributed by atoms with Crippen LogP contribution >= 0.6 is 11.6 Å². The van der Waals surface area contributed by atoms with Crippen LogP contribution in [0.4, 0.5) is 11.8 Å². The minimum absolute atomic E-state index is 0.290. The second-order valence-electron chi connectivity index (χ2n) is 5.28. The summed E-state index contributed by atoms with van der Waals surface area (Å²) in [7, 11) is 1.97. The van der Waals surface area contributed by atoms with Gasteiger partial charge < -0.3 is 16.0 Å². The third-order valence-electron chi connectivity index (χ3n) is 3.82. The van der Waals surface area contributed by atoms with Crippen molar-refractivity contribution < 1.29 is 0 Å². The van der Waals surface area contributed by atoms with E-state index in [1.165, 1.54) is 0 Å². The van der Waals surface area contributed by atoms with E-state index in [1.807, 2.05) is 38.2 Å². The first kappa shape index (κ1) is 14.1. The quantitative estimate of drug-likeness (QED) is 0.909. The van der Waals surface area contributed by atoms with Crippen LogP contribution in [0.3, 0.4) is 0 Å². The molecule has 0 spiro atoms. The third kappa shape index (κ3) is 2.66. The van der Waals surface area contributed by atoms with Crippen molar-refractivity contribution in [1.82, 2.24) is 15.3 Å². The number of halogens is 1. The number of anilines is 2. The maximum Gasteiger partial charge on any atom is 0.222 e. The SMILES string of the molecule is CNC1CN(c2nc(N)nc(-c3cccc(Cl)c3)c2C)C1. The van der Waals surface area contributed by atoms with Gasteiger partial charge >= 0.3 is 0 Å². The number of hydrogen-bond donors (Lipinski definition) is 2. The summed E-state index contributed by atoms with van der Waals surface area (Å²) in [5.74, 6) is 1.20. The zero-order chi connectivity index (χ0) is 15.0. The maximum atomic E-state index is 6.07. The van der Waals surface area contributed by atoms with Crippen LogP contribution in [0.2, 0.25) is 5.02 Å². The Morgan fingerprint density at radius 1 is 1.33 bits per heavy atom. The van der Waals surface area contributed by atoms with Gasteiger partial charge in [0.05, 0.1) is 5.69 Å². The van der Waals surface area contributed by atoms with Crippen LogP contribution in [-0.2, 0) is 0 Å². The molecule has 3 rings (SSSR count). The highest BCUT2D eigenvalue weighted by Crippen LogP contribution is 2.31. The van der Waals surface area contributed by atoms with Crippen molar-refractivity contribution in [3.8, 4) is 11.3 Å². The summed E-state index contributed by atoms with van der Waals surface area (Å²) >= 11 is 6.07. The molecule has 1 aromatic carbocycles. The lowest BCUT2D eigenvalue weighted by Crippen LogP contribution is -2.57. The first-order valence-electron chi connectivity index (χ1n) is 6.90. The molecule has 2 heterocycles. The fourth-order valence-corrected chi connectivity index (χ4v) is 2.77. The van der Waals surface area contributed by atoms with Crippen LogP contribution in [0.25, 0.3) is 11.3 Å². The number of likely N-dealkylation sites (N-methyl/N-ethyl adjacent to an activating group) is 1. The number of nitrogens with zero attached hydrogens (tertiary/aromatic N) is 3. The summed E-state index contributed by atoms with van der Waals surface area (Å²) in [4.78, 5) is 11.0. The van der Waals surface area contributed by atoms with Crippen molar-refractivity contribution >= 4 is 23.4 Å². The van der Waals surface area contributed by atoms with Crippen LogP contribution in [0, 0.1) is 6.92 Å². The molecule has 0 aliphatic carbocycles. The molecule has 0 unspecified atom stereocenters. The van der Waals surface area contributed by atoms with Gasteiger partial charge in [0.2, 0.25) is 5.95 Å². The highest BCUT2D eigenvalue weighted by Gasteiger charge is 2.28. The molecule has 6 heteroatoms. The van der Waals surface area contributed by atoms with E-state index in [0.717, 1.165) is 35.7 Å². The van der Waals surface area contributed by atoms with Crippen LogP contribution in [-0.4, -0.2) is 36.1 Å². The monoisotopic (exact) mass is 303 g/mol. The smallest absolute Gasteiger partial charge is 0.222 e. The molecule has 5 nitrogen and oxygen atoms in total. The Morgan fingerprint density at radius 3 is 2.76 bits per heavy atom. The normalized spacial score (nSPS) is 15.1. The molecule has 3 N–H and O–H groups in total. The number of nitrogens with two attached hydrogens (primary N) is 1. The van der Waals surface area contributed by atoms with Crippen molar-refractivity contribution in [2.75, 3.05) is 30.8 Å². The number of nitrogens with one attached hydrogen (secondary N) is 1. The van der Waals surface area contributed by atoms with Crippen molar-refractivity contribution in [3.63, 3.8) is 0 Å². The number of nitrogen functional groups attached to an aromatic ring is 1. The molecule has 0 atom stereocenters. The lowest BCUT2D eigenvalue weighted by molar-refractivity contribution is 0.446. The fraction of sp³-hybridized carbons (Fsp3) is 0.333. The number of aromatic nitrogens is 2. The number of benzene rings is 1. The Bertz CT molecular complexity index is 667. The molecule has 1 fully saturated rings. The summed E-state index contributed by atoms with van der Waals surface area (Å²) < 4.78 is 0. The topological polar surface area (TPSA) is 67.1 Å². The molecule has 2 aromatic rings. The van der Waals surface area contributed by atoms with Crippen LogP contribution in [0.15, 0.2) is 24.3 Å². The Balaban J connectivity index is 2.01. The summed E-state index contributed by atoms with van der Waals surface area (Å²) in [5, 5.41) is 3.94. The van der Waals surface area contributed by atoms with Gasteiger partial charge in [0.25, 0.3) is 0 Å². The zero-order valence-corrected chi connectivity index (χ0v) is 12.9. The molecule has 0 radical (unpaired) electrons. The largest absolute Gasteiger partial charge is 0.368 e. The highest BCUT2D eigenvalue weighted by atomic mass is 35.5. The van der Waals surface area contributed by atoms with E-state index in [4.69, 9.17) is 17.3 Å². The van der Waals surface area contributed by atoms with E-state index in [-0.39, 0.29) is 0 Å². The molecule has 0 bridgehead atoms. The Hall–Kier alpha value is -1.85. The van der Waals surface area contributed by atoms with Gasteiger partial charge in [-0.05, 0) is 26.1 Å². The molecule has 110 valence electrons. The zero-order valence-electron chi connectivity index (χ0n) is 12.1. The van der Waals surface area contributed by atoms with Gasteiger partial charge in [0, 0.05) is 35.3 Å². The summed E-state index contributed by atoms with van der Waals surface area (Å²) in [6.07, 6.45) is 0. The van der Waals surface area contributed by atoms with Crippen molar-refractivity contribution in [3.05, 3.63) is 34.9 Å². The van der Waals surface area contributed by atoms with Crippen LogP contribution < -0.4 is 16.0 Å². The van der Waals surface area contributed by atoms with E-state index in [0.29, 0.717) is 17.0 Å². The molecule has 1 aliphatic heterocycles. The van der Waals surface area contributed by atoms with Gasteiger partial charge in [-0.3, -0.25) is 0 Å². The lowest BCUT2D eigenvalue weighted by Gasteiger charge is -2.40. The lowest BCUT2D eigenvalue weighted by atomic mass is 10.0. The fourth-order valence-electron chi connectivity index (χ4n) is 2.58. The van der Waals surface area contributed by atoms with Crippen LogP contribution in [0.1, 0.15) is 5.56 Å². The van der Waals surface area contributed by atoms with E-state index in [1.54, 1.807) is 0 Å². The van der Waals surface area contributed by atoms with Crippen molar-refractivity contribution in [2.45, 2.75) is 13.0 Å². The minimum atomic E-state index is 0.290. The van der Waals surface area contributed by atoms with E-state index < -0.39 is 0 Å². The average molecular weight is 304 g/mol. The maximum absolute atomic E-state index is 6.07. The molecule has 1 aliphatic rings. The van der Waals surface area contributed by atoms with Gasteiger partial charge in [-0.25, -0.2) is 4.98 Å². The summed E-state index contributed by atoms with van der Waals surface area (Å²) in [6, 6.07) is 8.15. The Labute approximate surface area is 129 Å². The molecular formula is C15H18ClN5. The summed E-state index contributed by atoms with van der Waals surface area (Å²) in [6.45, 7) is 3.89. The minimum Gasteiger partial charge on any atom is -0.368 e. The molecule has 0 saturated carbocycles. The standard InChI is InChI=1S/C15H18ClN5/c1-9-13(10-4-3-5-11(16)6-10)19-15(17)20-14(9)21-7-12(8-21)18-2/h3-6,12,18H,7-8H2,1-2H3,(H2,17,19,20). The Morgan fingerprint density at radius 2 is 2.10 bits per heavy atom. The molecule has 21 heavy (non-hydrogen) atoms. The van der Waals surface area contributed by atoms with Gasteiger partial charge in [0.15, 0.2) is 0 Å². The molecule has 1 aromatic heterocycles. The van der Waals surface area contributed by atoms with Gasteiger partial charge in [-0.15, -0.1) is 0 Å². The Kier molecular flexibility index (Phi) is 3.69. The first-order valence-corrected chi connectivity index (χ1v) is 7.28. The van der Waals surface area contributed by atoms with Gasteiger partial charge in [-0.2, -0.15) is 4.98 Å². The van der Waals surface area contributed by atoms with E-state index >= 15 is 0 Å². The number of hydrogen-bond acceptors (Lipinski definition) is 5. The van der Waals surface area contributed by atoms with Crippen molar-refractivity contribution in [1.29, 1.82) is 0 Å². The third-order valence-corrected chi connectivity index (χ3v) is 4.06. The number of rotatable bonds is 3. The van der Waals surface area contributed by atoms with Crippen molar-refractivity contribution in [2.24, 2.45) is 0 Å². The van der Waals surface area contributed by atoms with E-state index in [9.17, 15) is 0 Å². The van der Waals surface area contributed by atoms with Gasteiger partial charge in [0.1, 0.15) is 5.82 Å². The average Bonchev–Trinajstić information content (AvgIpc) is 2.41.